The van der Waals surface area contributed by atoms with Gasteiger partial charge < -0.3 is 10.6 Å². The number of pyridine rings is 1. The molecule has 0 saturated carbocycles. The van der Waals surface area contributed by atoms with Crippen molar-refractivity contribution in [1.29, 1.82) is 0 Å². The van der Waals surface area contributed by atoms with E-state index >= 15 is 0 Å². The molecule has 1 fully saturated rings. The summed E-state index contributed by atoms with van der Waals surface area (Å²) in [5.74, 6) is -0.910. The van der Waals surface area contributed by atoms with Crippen LogP contribution >= 0.6 is 11.6 Å². The summed E-state index contributed by atoms with van der Waals surface area (Å²) < 4.78 is 38.7. The molecule has 1 amide bonds. The lowest BCUT2D eigenvalue weighted by Gasteiger charge is -2.34. The Hall–Kier alpha value is -2.98. The van der Waals surface area contributed by atoms with Gasteiger partial charge in [0.2, 0.25) is 5.82 Å². The Balaban J connectivity index is 1.59. The smallest absolute Gasteiger partial charge is 0.373 e. The van der Waals surface area contributed by atoms with Gasteiger partial charge in [0.05, 0.1) is 22.1 Å². The van der Waals surface area contributed by atoms with Gasteiger partial charge in [0.15, 0.2) is 0 Å². The lowest BCUT2D eigenvalue weighted by molar-refractivity contribution is -0.145. The van der Waals surface area contributed by atoms with Crippen molar-refractivity contribution in [2.75, 3.05) is 32.0 Å². The molecule has 180 valence electrons. The summed E-state index contributed by atoms with van der Waals surface area (Å²) >= 11 is 6.37. The van der Waals surface area contributed by atoms with Gasteiger partial charge in [-0.05, 0) is 50.2 Å². The van der Waals surface area contributed by atoms with Crippen LogP contribution in [0.2, 0.25) is 5.02 Å². The topological polar surface area (TPSA) is 83.0 Å². The molecule has 1 atom stereocenters. The van der Waals surface area contributed by atoms with Crippen LogP contribution in [-0.4, -0.2) is 52.4 Å². The fourth-order valence-electron chi connectivity index (χ4n) is 4.17. The maximum atomic E-state index is 13.2. The first-order valence-electron chi connectivity index (χ1n) is 11.0. The molecule has 2 aromatic heterocycles. The number of likely N-dealkylation sites (tertiary alicyclic amines) is 1. The minimum atomic E-state index is -4.61. The van der Waals surface area contributed by atoms with Crippen LogP contribution in [0.4, 0.5) is 19.0 Å². The highest BCUT2D eigenvalue weighted by Gasteiger charge is 2.35. The highest BCUT2D eigenvalue weighted by molar-refractivity contribution is 6.35. The first kappa shape index (κ1) is 24.2. The molecule has 0 radical (unpaired) electrons. The maximum Gasteiger partial charge on any atom is 0.451 e. The monoisotopic (exact) mass is 492 g/mol. The number of anilines is 1. The molecule has 7 nitrogen and oxygen atoms in total. The molecule has 3 heterocycles. The van der Waals surface area contributed by atoms with E-state index in [0.29, 0.717) is 27.8 Å². The zero-order valence-corrected chi connectivity index (χ0v) is 19.2. The standard InChI is InChI=1S/C23H24ClF3N6O/c1-28-19-8-5-15-17(32-19)7-6-16(24)20(15)21(34)29-13-18(33-9-3-2-4-10-33)14-11-30-22(31-12-14)23(25,26)27/h5-8,11-12,18H,2-4,9-10,13H2,1H3,(H,28,32)(H,29,34). The van der Waals surface area contributed by atoms with Gasteiger partial charge in [0, 0.05) is 36.9 Å². The number of amides is 1. The fourth-order valence-corrected chi connectivity index (χ4v) is 4.42. The quantitative estimate of drug-likeness (QED) is 0.519. The number of fused-ring (bicyclic) bond motifs is 1. The number of nitrogens with zero attached hydrogens (tertiary/aromatic N) is 4. The third-order valence-corrected chi connectivity index (χ3v) is 6.22. The summed E-state index contributed by atoms with van der Waals surface area (Å²) in [7, 11) is 1.75. The molecule has 1 aliphatic heterocycles. The molecule has 1 aromatic carbocycles. The first-order valence-corrected chi connectivity index (χ1v) is 11.3. The van der Waals surface area contributed by atoms with Crippen molar-refractivity contribution in [2.24, 2.45) is 0 Å². The van der Waals surface area contributed by atoms with Crippen LogP contribution in [0.5, 0.6) is 0 Å². The van der Waals surface area contributed by atoms with Crippen LogP contribution in [0.25, 0.3) is 10.9 Å². The molecular weight excluding hydrogens is 469 g/mol. The van der Waals surface area contributed by atoms with Gasteiger partial charge in [-0.2, -0.15) is 13.2 Å². The van der Waals surface area contributed by atoms with E-state index in [4.69, 9.17) is 11.6 Å². The number of carbonyl (C=O) groups is 1. The normalized spacial score (nSPS) is 15.8. The zero-order chi connectivity index (χ0) is 24.3. The molecule has 4 rings (SSSR count). The zero-order valence-electron chi connectivity index (χ0n) is 18.5. The Morgan fingerprint density at radius 3 is 2.47 bits per heavy atom. The van der Waals surface area contributed by atoms with Gasteiger partial charge in [0.25, 0.3) is 5.91 Å². The Labute approximate surface area is 199 Å². The summed E-state index contributed by atoms with van der Waals surface area (Å²) in [5, 5.41) is 6.77. The molecule has 0 aliphatic carbocycles. The van der Waals surface area contributed by atoms with Crippen LogP contribution in [0.15, 0.2) is 36.7 Å². The van der Waals surface area contributed by atoms with Crippen LogP contribution < -0.4 is 10.6 Å². The number of aromatic nitrogens is 3. The molecule has 2 N–H and O–H groups in total. The molecule has 0 bridgehead atoms. The number of benzene rings is 1. The molecule has 11 heteroatoms. The summed E-state index contributed by atoms with van der Waals surface area (Å²) in [6, 6.07) is 6.53. The van der Waals surface area contributed by atoms with Crippen molar-refractivity contribution in [1.82, 2.24) is 25.2 Å². The second kappa shape index (κ2) is 10.1. The molecule has 1 saturated heterocycles. The average molecular weight is 493 g/mol. The number of alkyl halides is 3. The van der Waals surface area contributed by atoms with Crippen LogP contribution in [0, 0.1) is 0 Å². The third kappa shape index (κ3) is 5.23. The lowest BCUT2D eigenvalue weighted by atomic mass is 10.0. The van der Waals surface area contributed by atoms with Gasteiger partial charge >= 0.3 is 6.18 Å². The Kier molecular flexibility index (Phi) is 7.18. The summed E-state index contributed by atoms with van der Waals surface area (Å²) in [4.78, 5) is 26.8. The summed E-state index contributed by atoms with van der Waals surface area (Å²) in [6.45, 7) is 1.71. The minimum Gasteiger partial charge on any atom is -0.373 e. The first-order chi connectivity index (χ1) is 16.3. The van der Waals surface area contributed by atoms with E-state index in [-0.39, 0.29) is 23.5 Å². The molecular formula is C23H24ClF3N6O. The van der Waals surface area contributed by atoms with Crippen molar-refractivity contribution < 1.29 is 18.0 Å². The number of nitrogens with one attached hydrogen (secondary N) is 2. The third-order valence-electron chi connectivity index (χ3n) is 5.90. The van der Waals surface area contributed by atoms with Gasteiger partial charge in [0.1, 0.15) is 5.82 Å². The van der Waals surface area contributed by atoms with Crippen LogP contribution in [0.3, 0.4) is 0 Å². The van der Waals surface area contributed by atoms with E-state index in [1.807, 2.05) is 0 Å². The number of hydrogen-bond acceptors (Lipinski definition) is 6. The van der Waals surface area contributed by atoms with Gasteiger partial charge in [-0.1, -0.05) is 18.0 Å². The predicted molar refractivity (Wildman–Crippen MR) is 124 cm³/mol. The van der Waals surface area contributed by atoms with Crippen molar-refractivity contribution >= 4 is 34.2 Å². The number of rotatable bonds is 6. The lowest BCUT2D eigenvalue weighted by Crippen LogP contribution is -2.41. The number of carbonyl (C=O) groups excluding carboxylic acids is 1. The number of hydrogen-bond donors (Lipinski definition) is 2. The Morgan fingerprint density at radius 2 is 1.82 bits per heavy atom. The Morgan fingerprint density at radius 1 is 1.12 bits per heavy atom. The molecule has 3 aromatic rings. The summed E-state index contributed by atoms with van der Waals surface area (Å²) in [5.41, 5.74) is 1.43. The van der Waals surface area contributed by atoms with Crippen molar-refractivity contribution in [3.8, 4) is 0 Å². The maximum absolute atomic E-state index is 13.2. The number of halogens is 4. The van der Waals surface area contributed by atoms with Crippen LogP contribution in [-0.2, 0) is 6.18 Å². The Bertz CT molecular complexity index is 1170. The van der Waals surface area contributed by atoms with E-state index in [1.165, 1.54) is 12.4 Å². The highest BCUT2D eigenvalue weighted by Crippen LogP contribution is 2.29. The van der Waals surface area contributed by atoms with Crippen molar-refractivity contribution in [3.05, 3.63) is 58.6 Å². The fraction of sp³-hybridized carbons (Fsp3) is 0.391. The van der Waals surface area contributed by atoms with E-state index in [0.717, 1.165) is 32.4 Å². The SMILES string of the molecule is CNc1ccc2c(C(=O)NCC(c3cnc(C(F)(F)F)nc3)N3CCCCC3)c(Cl)ccc2n1. The molecule has 1 aliphatic rings. The van der Waals surface area contributed by atoms with E-state index in [2.05, 4.69) is 30.5 Å². The van der Waals surface area contributed by atoms with Gasteiger partial charge in [-0.15, -0.1) is 0 Å². The molecule has 1 unspecified atom stereocenters. The molecule has 34 heavy (non-hydrogen) atoms. The van der Waals surface area contributed by atoms with E-state index < -0.39 is 12.0 Å². The molecule has 0 spiro atoms. The largest absolute Gasteiger partial charge is 0.451 e. The van der Waals surface area contributed by atoms with Crippen molar-refractivity contribution in [2.45, 2.75) is 31.5 Å². The van der Waals surface area contributed by atoms with E-state index in [9.17, 15) is 18.0 Å². The summed E-state index contributed by atoms with van der Waals surface area (Å²) in [6.07, 6.45) is 0.803. The van der Waals surface area contributed by atoms with Gasteiger partial charge in [-0.3, -0.25) is 9.69 Å². The van der Waals surface area contributed by atoms with Crippen LogP contribution in [0.1, 0.15) is 47.1 Å². The van der Waals surface area contributed by atoms with Crippen molar-refractivity contribution in [3.63, 3.8) is 0 Å². The van der Waals surface area contributed by atoms with E-state index in [1.54, 1.807) is 31.3 Å². The highest BCUT2D eigenvalue weighted by atomic mass is 35.5. The minimum absolute atomic E-state index is 0.169. The second-order valence-electron chi connectivity index (χ2n) is 8.10. The average Bonchev–Trinajstić information content (AvgIpc) is 2.84. The second-order valence-corrected chi connectivity index (χ2v) is 8.50. The van der Waals surface area contributed by atoms with Gasteiger partial charge in [-0.25, -0.2) is 15.0 Å². The number of piperidine rings is 1. The predicted octanol–water partition coefficient (Wildman–Crippen LogP) is 4.70.